The van der Waals surface area contributed by atoms with E-state index in [0.29, 0.717) is 5.25 Å². The molecular formula is C15H21NOS. The molecule has 1 N–H and O–H groups in total. The first-order chi connectivity index (χ1) is 8.79. The van der Waals surface area contributed by atoms with Gasteiger partial charge in [0.1, 0.15) is 0 Å². The van der Waals surface area contributed by atoms with Gasteiger partial charge in [0.25, 0.3) is 0 Å². The van der Waals surface area contributed by atoms with Crippen LogP contribution in [0.5, 0.6) is 0 Å². The van der Waals surface area contributed by atoms with Crippen molar-refractivity contribution in [3.63, 3.8) is 0 Å². The minimum absolute atomic E-state index is 0.345. The Morgan fingerprint density at radius 1 is 1.11 bits per heavy atom. The zero-order chi connectivity index (χ0) is 12.8. The zero-order valence-electron chi connectivity index (χ0n) is 10.9. The Morgan fingerprint density at radius 2 is 1.83 bits per heavy atom. The molecule has 0 heterocycles. The molecule has 0 aliphatic heterocycles. The second-order valence-corrected chi connectivity index (χ2v) is 6.24. The van der Waals surface area contributed by atoms with Gasteiger partial charge in [-0.25, -0.2) is 0 Å². The van der Waals surface area contributed by atoms with Crippen LogP contribution in [0.1, 0.15) is 44.1 Å². The molecule has 0 aromatic heterocycles. The number of oxime groups is 1. The van der Waals surface area contributed by atoms with E-state index in [-0.39, 0.29) is 0 Å². The second kappa shape index (κ2) is 6.83. The highest BCUT2D eigenvalue weighted by Crippen LogP contribution is 2.31. The Bertz CT molecular complexity index is 399. The molecule has 1 aliphatic carbocycles. The average molecular weight is 263 g/mol. The lowest BCUT2D eigenvalue weighted by Gasteiger charge is -2.20. The Kier molecular flexibility index (Phi) is 5.12. The van der Waals surface area contributed by atoms with Gasteiger partial charge in [-0.05, 0) is 38.3 Å². The predicted molar refractivity (Wildman–Crippen MR) is 77.7 cm³/mol. The van der Waals surface area contributed by atoms with Gasteiger partial charge in [-0.2, -0.15) is 0 Å². The third-order valence-electron chi connectivity index (χ3n) is 3.45. The number of hydrogen-bond donors (Lipinski definition) is 1. The van der Waals surface area contributed by atoms with Crippen LogP contribution in [-0.4, -0.2) is 16.2 Å². The van der Waals surface area contributed by atoms with Crippen LogP contribution in [0, 0.1) is 6.92 Å². The third kappa shape index (κ3) is 3.77. The van der Waals surface area contributed by atoms with Crippen LogP contribution in [0.2, 0.25) is 0 Å². The van der Waals surface area contributed by atoms with Gasteiger partial charge in [-0.1, -0.05) is 42.1 Å². The molecule has 0 unspecified atom stereocenters. The fraction of sp³-hybridized carbons (Fsp3) is 0.533. The molecule has 1 fully saturated rings. The zero-order valence-corrected chi connectivity index (χ0v) is 11.7. The molecule has 1 atom stereocenters. The van der Waals surface area contributed by atoms with Gasteiger partial charge in [0.05, 0.1) is 11.0 Å². The molecule has 98 valence electrons. The summed E-state index contributed by atoms with van der Waals surface area (Å²) in [4.78, 5) is 1.27. The van der Waals surface area contributed by atoms with Gasteiger partial charge in [0.15, 0.2) is 0 Å². The summed E-state index contributed by atoms with van der Waals surface area (Å²) in [7, 11) is 0. The monoisotopic (exact) mass is 263 g/mol. The van der Waals surface area contributed by atoms with Gasteiger partial charge in [0, 0.05) is 4.90 Å². The number of rotatable bonds is 2. The molecule has 3 heteroatoms. The van der Waals surface area contributed by atoms with Crippen molar-refractivity contribution in [3.8, 4) is 0 Å². The number of hydrogen-bond acceptors (Lipinski definition) is 3. The number of thioether (sulfide) groups is 1. The Hall–Kier alpha value is -0.960. The van der Waals surface area contributed by atoms with Gasteiger partial charge in [0.2, 0.25) is 0 Å². The standard InChI is InChI=1S/C15H21NOS/c1-12-8-10-13(11-9-12)18-15-7-5-3-2-4-6-14(15)16-17/h8-11,15,17H,2-7H2,1H3/b16-14+/t15-/m0/s1. The minimum Gasteiger partial charge on any atom is -0.411 e. The Labute approximate surface area is 113 Å². The minimum atomic E-state index is 0.345. The van der Waals surface area contributed by atoms with Crippen molar-refractivity contribution in [3.05, 3.63) is 29.8 Å². The quantitative estimate of drug-likeness (QED) is 0.622. The van der Waals surface area contributed by atoms with Crippen molar-refractivity contribution < 1.29 is 5.21 Å². The maximum absolute atomic E-state index is 9.18. The smallest absolute Gasteiger partial charge is 0.0704 e. The summed E-state index contributed by atoms with van der Waals surface area (Å²) in [6.07, 6.45) is 7.04. The average Bonchev–Trinajstić information content (AvgIpc) is 2.36. The van der Waals surface area contributed by atoms with Crippen LogP contribution in [0.4, 0.5) is 0 Å². The number of benzene rings is 1. The molecule has 1 aromatic carbocycles. The normalized spacial score (nSPS) is 23.6. The molecule has 18 heavy (non-hydrogen) atoms. The Balaban J connectivity index is 2.06. The maximum Gasteiger partial charge on any atom is 0.0704 e. The van der Waals surface area contributed by atoms with Crippen molar-refractivity contribution in [1.82, 2.24) is 0 Å². The van der Waals surface area contributed by atoms with E-state index >= 15 is 0 Å². The fourth-order valence-corrected chi connectivity index (χ4v) is 3.55. The van der Waals surface area contributed by atoms with Gasteiger partial charge in [-0.15, -0.1) is 11.8 Å². The fourth-order valence-electron chi connectivity index (χ4n) is 2.34. The van der Waals surface area contributed by atoms with E-state index in [4.69, 9.17) is 0 Å². The van der Waals surface area contributed by atoms with E-state index in [2.05, 4.69) is 36.3 Å². The molecule has 0 saturated heterocycles. The summed E-state index contributed by atoms with van der Waals surface area (Å²) >= 11 is 1.84. The number of aryl methyl sites for hydroxylation is 1. The molecule has 0 radical (unpaired) electrons. The third-order valence-corrected chi connectivity index (χ3v) is 4.79. The summed E-state index contributed by atoms with van der Waals surface area (Å²) in [6, 6.07) is 8.60. The summed E-state index contributed by atoms with van der Waals surface area (Å²) in [5.41, 5.74) is 2.26. The lowest BCUT2D eigenvalue weighted by Crippen LogP contribution is -2.19. The van der Waals surface area contributed by atoms with Crippen LogP contribution in [0.3, 0.4) is 0 Å². The molecule has 0 spiro atoms. The molecular weight excluding hydrogens is 242 g/mol. The topological polar surface area (TPSA) is 32.6 Å². The van der Waals surface area contributed by atoms with E-state index in [1.54, 1.807) is 0 Å². The molecule has 2 nitrogen and oxygen atoms in total. The summed E-state index contributed by atoms with van der Waals surface area (Å²) in [5, 5.41) is 13.1. The van der Waals surface area contributed by atoms with E-state index < -0.39 is 0 Å². The molecule has 1 saturated carbocycles. The summed E-state index contributed by atoms with van der Waals surface area (Å²) in [6.45, 7) is 2.10. The van der Waals surface area contributed by atoms with Crippen LogP contribution in [-0.2, 0) is 0 Å². The highest BCUT2D eigenvalue weighted by Gasteiger charge is 2.19. The first-order valence-electron chi connectivity index (χ1n) is 6.74. The van der Waals surface area contributed by atoms with Crippen molar-refractivity contribution in [2.24, 2.45) is 5.16 Å². The first-order valence-corrected chi connectivity index (χ1v) is 7.61. The lowest BCUT2D eigenvalue weighted by molar-refractivity contribution is 0.315. The molecule has 0 bridgehead atoms. The van der Waals surface area contributed by atoms with Crippen LogP contribution < -0.4 is 0 Å². The van der Waals surface area contributed by atoms with Gasteiger partial charge >= 0.3 is 0 Å². The maximum atomic E-state index is 9.18. The van der Waals surface area contributed by atoms with E-state index in [1.807, 2.05) is 11.8 Å². The lowest BCUT2D eigenvalue weighted by atomic mass is 9.99. The van der Waals surface area contributed by atoms with Crippen molar-refractivity contribution in [1.29, 1.82) is 0 Å². The van der Waals surface area contributed by atoms with Gasteiger partial charge in [-0.3, -0.25) is 0 Å². The summed E-state index contributed by atoms with van der Waals surface area (Å²) < 4.78 is 0. The molecule has 0 amide bonds. The first kappa shape index (κ1) is 13.5. The van der Waals surface area contributed by atoms with Crippen LogP contribution >= 0.6 is 11.8 Å². The molecule has 1 aromatic rings. The van der Waals surface area contributed by atoms with Crippen LogP contribution in [0.25, 0.3) is 0 Å². The van der Waals surface area contributed by atoms with E-state index in [0.717, 1.165) is 25.0 Å². The van der Waals surface area contributed by atoms with Crippen molar-refractivity contribution >= 4 is 17.5 Å². The highest BCUT2D eigenvalue weighted by atomic mass is 32.2. The van der Waals surface area contributed by atoms with Crippen molar-refractivity contribution in [2.45, 2.75) is 55.6 Å². The largest absolute Gasteiger partial charge is 0.411 e. The van der Waals surface area contributed by atoms with Gasteiger partial charge < -0.3 is 5.21 Å². The summed E-state index contributed by atoms with van der Waals surface area (Å²) in [5.74, 6) is 0. The second-order valence-electron chi connectivity index (χ2n) is 4.96. The van der Waals surface area contributed by atoms with E-state index in [9.17, 15) is 5.21 Å². The van der Waals surface area contributed by atoms with Crippen molar-refractivity contribution in [2.75, 3.05) is 0 Å². The highest BCUT2D eigenvalue weighted by molar-refractivity contribution is 8.00. The SMILES string of the molecule is Cc1ccc(S[C@H]2CCCCCC/C2=N\O)cc1. The molecule has 1 aliphatic rings. The predicted octanol–water partition coefficient (Wildman–Crippen LogP) is 4.64. The van der Waals surface area contributed by atoms with Crippen LogP contribution in [0.15, 0.2) is 34.3 Å². The molecule has 2 rings (SSSR count). The number of nitrogens with zero attached hydrogens (tertiary/aromatic N) is 1. The van der Waals surface area contributed by atoms with E-state index in [1.165, 1.54) is 29.7 Å². The Morgan fingerprint density at radius 3 is 2.56 bits per heavy atom.